The van der Waals surface area contributed by atoms with E-state index in [0.29, 0.717) is 5.56 Å². The first-order chi connectivity index (χ1) is 9.02. The van der Waals surface area contributed by atoms with Crippen LogP contribution in [-0.4, -0.2) is 7.11 Å². The van der Waals surface area contributed by atoms with Crippen LogP contribution in [0.3, 0.4) is 0 Å². The molecule has 0 bridgehead atoms. The van der Waals surface area contributed by atoms with Gasteiger partial charge in [-0.2, -0.15) is 0 Å². The average Bonchev–Trinajstić information content (AvgIpc) is 2.41. The van der Waals surface area contributed by atoms with Crippen molar-refractivity contribution in [2.24, 2.45) is 0 Å². The van der Waals surface area contributed by atoms with Crippen LogP contribution in [0.15, 0.2) is 36.4 Å². The first-order valence-electron chi connectivity index (χ1n) is 6.07. The van der Waals surface area contributed by atoms with Crippen LogP contribution in [0, 0.1) is 19.7 Å². The topological polar surface area (TPSA) is 9.23 Å². The minimum atomic E-state index is -0.181. The molecule has 19 heavy (non-hydrogen) atoms. The van der Waals surface area contributed by atoms with Crippen molar-refractivity contribution >= 4 is 15.9 Å². The van der Waals surface area contributed by atoms with Gasteiger partial charge in [-0.25, -0.2) is 4.39 Å². The third-order valence-electron chi connectivity index (χ3n) is 3.13. The van der Waals surface area contributed by atoms with Gasteiger partial charge in [0.1, 0.15) is 11.6 Å². The number of ether oxygens (including phenoxy) is 1. The molecule has 0 aromatic heterocycles. The summed E-state index contributed by atoms with van der Waals surface area (Å²) in [5, 5.41) is 0. The van der Waals surface area contributed by atoms with Crippen LogP contribution in [0.25, 0.3) is 0 Å². The first-order valence-corrected chi connectivity index (χ1v) is 6.99. The number of halogens is 2. The molecule has 0 N–H and O–H groups in total. The maximum atomic E-state index is 13.3. The summed E-state index contributed by atoms with van der Waals surface area (Å²) in [5.41, 5.74) is 3.88. The molecule has 0 spiro atoms. The molecule has 2 aromatic carbocycles. The van der Waals surface area contributed by atoms with Gasteiger partial charge in [-0.3, -0.25) is 0 Å². The Hall–Kier alpha value is -1.35. The molecule has 100 valence electrons. The lowest BCUT2D eigenvalue weighted by Gasteiger charge is -2.16. The Morgan fingerprint density at radius 2 is 1.84 bits per heavy atom. The number of aryl methyl sites for hydroxylation is 2. The largest absolute Gasteiger partial charge is 0.496 e. The smallest absolute Gasteiger partial charge is 0.126 e. The van der Waals surface area contributed by atoms with Crippen LogP contribution in [0.4, 0.5) is 4.39 Å². The summed E-state index contributed by atoms with van der Waals surface area (Å²) in [6.07, 6.45) is 0. The zero-order valence-electron chi connectivity index (χ0n) is 11.2. The van der Waals surface area contributed by atoms with E-state index >= 15 is 0 Å². The Morgan fingerprint density at radius 1 is 1.11 bits per heavy atom. The summed E-state index contributed by atoms with van der Waals surface area (Å²) < 4.78 is 18.7. The van der Waals surface area contributed by atoms with E-state index in [9.17, 15) is 4.39 Å². The first kappa shape index (κ1) is 14.1. The fourth-order valence-electron chi connectivity index (χ4n) is 2.06. The van der Waals surface area contributed by atoms with Gasteiger partial charge in [-0.05, 0) is 37.1 Å². The SMILES string of the molecule is COc1ccc(C)cc1C(Br)c1ccc(F)c(C)c1. The van der Waals surface area contributed by atoms with Crippen LogP contribution in [0.2, 0.25) is 0 Å². The minimum Gasteiger partial charge on any atom is -0.496 e. The molecule has 0 heterocycles. The molecule has 1 atom stereocenters. The second kappa shape index (κ2) is 5.74. The molecule has 0 radical (unpaired) electrons. The van der Waals surface area contributed by atoms with Crippen LogP contribution in [0.5, 0.6) is 5.75 Å². The third-order valence-corrected chi connectivity index (χ3v) is 4.15. The van der Waals surface area contributed by atoms with Crippen molar-refractivity contribution < 1.29 is 9.13 Å². The molecule has 0 aliphatic rings. The zero-order valence-corrected chi connectivity index (χ0v) is 12.8. The van der Waals surface area contributed by atoms with Crippen molar-refractivity contribution in [1.29, 1.82) is 0 Å². The lowest BCUT2D eigenvalue weighted by Crippen LogP contribution is -1.99. The Morgan fingerprint density at radius 3 is 2.47 bits per heavy atom. The van der Waals surface area contributed by atoms with E-state index in [4.69, 9.17) is 4.74 Å². The fraction of sp³-hybridized carbons (Fsp3) is 0.250. The quantitative estimate of drug-likeness (QED) is 0.727. The lowest BCUT2D eigenvalue weighted by molar-refractivity contribution is 0.410. The second-order valence-corrected chi connectivity index (χ2v) is 5.53. The average molecular weight is 323 g/mol. The predicted molar refractivity (Wildman–Crippen MR) is 79.6 cm³/mol. The highest BCUT2D eigenvalue weighted by atomic mass is 79.9. The number of hydrogen-bond acceptors (Lipinski definition) is 1. The zero-order chi connectivity index (χ0) is 14.0. The van der Waals surface area contributed by atoms with Gasteiger partial charge in [0.05, 0.1) is 11.9 Å². The second-order valence-electron chi connectivity index (χ2n) is 4.62. The summed E-state index contributed by atoms with van der Waals surface area (Å²) >= 11 is 3.68. The molecule has 0 amide bonds. The maximum Gasteiger partial charge on any atom is 0.126 e. The fourth-order valence-corrected chi connectivity index (χ4v) is 2.70. The number of hydrogen-bond donors (Lipinski definition) is 0. The van der Waals surface area contributed by atoms with E-state index in [2.05, 4.69) is 22.0 Å². The number of alkyl halides is 1. The minimum absolute atomic E-state index is 0.0124. The van der Waals surface area contributed by atoms with E-state index in [1.807, 2.05) is 25.1 Å². The van der Waals surface area contributed by atoms with Crippen molar-refractivity contribution in [2.75, 3.05) is 7.11 Å². The van der Waals surface area contributed by atoms with Gasteiger partial charge in [0.15, 0.2) is 0 Å². The summed E-state index contributed by atoms with van der Waals surface area (Å²) in [7, 11) is 1.66. The summed E-state index contributed by atoms with van der Waals surface area (Å²) in [5.74, 6) is 0.647. The molecule has 3 heteroatoms. The summed E-state index contributed by atoms with van der Waals surface area (Å²) in [6, 6.07) is 11.2. The molecule has 1 nitrogen and oxygen atoms in total. The van der Waals surface area contributed by atoms with E-state index < -0.39 is 0 Å². The van der Waals surface area contributed by atoms with Crippen molar-refractivity contribution in [2.45, 2.75) is 18.7 Å². The van der Waals surface area contributed by atoms with Gasteiger partial charge in [0.25, 0.3) is 0 Å². The predicted octanol–water partition coefficient (Wildman–Crippen LogP) is 4.94. The summed E-state index contributed by atoms with van der Waals surface area (Å²) in [6.45, 7) is 3.81. The standard InChI is InChI=1S/C16H16BrFO/c1-10-4-7-15(19-3)13(8-10)16(17)12-5-6-14(18)11(2)9-12/h4-9,16H,1-3H3. The van der Waals surface area contributed by atoms with Crippen LogP contribution in [0.1, 0.15) is 27.1 Å². The molecule has 0 aliphatic heterocycles. The van der Waals surface area contributed by atoms with Gasteiger partial charge >= 0.3 is 0 Å². The molecule has 0 fully saturated rings. The molecule has 0 saturated heterocycles. The van der Waals surface area contributed by atoms with Gasteiger partial charge in [-0.15, -0.1) is 0 Å². The Bertz CT molecular complexity index is 595. The highest BCUT2D eigenvalue weighted by Gasteiger charge is 2.16. The molecule has 1 unspecified atom stereocenters. The molecule has 2 aromatic rings. The van der Waals surface area contributed by atoms with Crippen molar-refractivity contribution in [3.8, 4) is 5.75 Å². The number of methoxy groups -OCH3 is 1. The van der Waals surface area contributed by atoms with E-state index in [1.165, 1.54) is 11.6 Å². The van der Waals surface area contributed by atoms with E-state index in [0.717, 1.165) is 16.9 Å². The van der Waals surface area contributed by atoms with Crippen LogP contribution >= 0.6 is 15.9 Å². The van der Waals surface area contributed by atoms with E-state index in [1.54, 1.807) is 20.1 Å². The molecular formula is C16H16BrFO. The highest BCUT2D eigenvalue weighted by molar-refractivity contribution is 9.09. The lowest BCUT2D eigenvalue weighted by atomic mass is 10.0. The van der Waals surface area contributed by atoms with Gasteiger partial charge < -0.3 is 4.74 Å². The van der Waals surface area contributed by atoms with Gasteiger partial charge in [-0.1, -0.05) is 45.8 Å². The third kappa shape index (κ3) is 2.98. The van der Waals surface area contributed by atoms with Gasteiger partial charge in [0, 0.05) is 5.56 Å². The monoisotopic (exact) mass is 322 g/mol. The Balaban J connectivity index is 2.45. The van der Waals surface area contributed by atoms with Crippen molar-refractivity contribution in [3.63, 3.8) is 0 Å². The van der Waals surface area contributed by atoms with Crippen molar-refractivity contribution in [3.05, 3.63) is 64.5 Å². The molecule has 2 rings (SSSR count). The molecule has 0 aliphatic carbocycles. The van der Waals surface area contributed by atoms with Crippen LogP contribution < -0.4 is 4.74 Å². The Labute approximate surface area is 121 Å². The van der Waals surface area contributed by atoms with Gasteiger partial charge in [0.2, 0.25) is 0 Å². The maximum absolute atomic E-state index is 13.3. The van der Waals surface area contributed by atoms with Crippen molar-refractivity contribution in [1.82, 2.24) is 0 Å². The highest BCUT2D eigenvalue weighted by Crippen LogP contribution is 2.37. The number of rotatable bonds is 3. The van der Waals surface area contributed by atoms with E-state index in [-0.39, 0.29) is 10.6 Å². The Kier molecular flexibility index (Phi) is 4.25. The number of benzene rings is 2. The summed E-state index contributed by atoms with van der Waals surface area (Å²) in [4.78, 5) is -0.0124. The molecular weight excluding hydrogens is 307 g/mol. The normalized spacial score (nSPS) is 12.3. The molecule has 0 saturated carbocycles. The van der Waals surface area contributed by atoms with Crippen LogP contribution in [-0.2, 0) is 0 Å².